The predicted octanol–water partition coefficient (Wildman–Crippen LogP) is 6.25. The summed E-state index contributed by atoms with van der Waals surface area (Å²) in [5.74, 6) is -0.423. The Hall–Kier alpha value is -4.61. The molecule has 254 valence electrons. The van der Waals surface area contributed by atoms with Gasteiger partial charge in [0.05, 0.1) is 19.4 Å². The van der Waals surface area contributed by atoms with E-state index in [0.717, 1.165) is 78.5 Å². The minimum absolute atomic E-state index is 0.00163. The summed E-state index contributed by atoms with van der Waals surface area (Å²) < 4.78 is 11.8. The topological polar surface area (TPSA) is 134 Å². The number of carboxylic acid groups (broad SMARTS) is 2. The molecule has 0 saturated carbocycles. The standard InChI is InChI=1S/C33H38N2O4S.C4H4O4/c1-24(36)35-29-12-6-7-13-32(29)40-33(35)28-23-27(38-2)14-15-31(28)39-21-9-8-18-34-19-16-26(17-20-34)30(37)22-25-10-4-3-5-11-25;5-3(6)1-2-4(7)8/h3-7,10-15,23,26,33H,8-9,16-22H2,1-2H3;1-2H,(H,5,6)(H,7,8)/b;2-1-. The first kappa shape index (κ1) is 36.2. The smallest absolute Gasteiger partial charge is 0.328 e. The van der Waals surface area contributed by atoms with Gasteiger partial charge in [-0.05, 0) is 81.2 Å². The largest absolute Gasteiger partial charge is 0.497 e. The quantitative estimate of drug-likeness (QED) is 0.158. The highest BCUT2D eigenvalue weighted by Crippen LogP contribution is 2.53. The monoisotopic (exact) mass is 674 g/mol. The summed E-state index contributed by atoms with van der Waals surface area (Å²) in [6.45, 7) is 5.20. The first-order valence-electron chi connectivity index (χ1n) is 16.0. The van der Waals surface area contributed by atoms with E-state index < -0.39 is 11.9 Å². The number of piperidine rings is 1. The third kappa shape index (κ3) is 10.4. The van der Waals surface area contributed by atoms with Crippen LogP contribution in [0.2, 0.25) is 0 Å². The Kier molecular flexibility index (Phi) is 13.6. The summed E-state index contributed by atoms with van der Waals surface area (Å²) in [6.07, 6.45) is 5.54. The Bertz CT molecular complexity index is 1570. The van der Waals surface area contributed by atoms with E-state index in [1.165, 1.54) is 0 Å². The Morgan fingerprint density at radius 2 is 1.56 bits per heavy atom. The highest BCUT2D eigenvalue weighted by atomic mass is 32.2. The van der Waals surface area contributed by atoms with Gasteiger partial charge >= 0.3 is 11.9 Å². The molecule has 48 heavy (non-hydrogen) atoms. The van der Waals surface area contributed by atoms with E-state index >= 15 is 0 Å². The van der Waals surface area contributed by atoms with Gasteiger partial charge in [-0.15, -0.1) is 0 Å². The van der Waals surface area contributed by atoms with Gasteiger partial charge < -0.3 is 24.6 Å². The number of thioether (sulfide) groups is 1. The fourth-order valence-corrected chi connectivity index (χ4v) is 7.12. The number of nitrogens with zero attached hydrogens (tertiary/aromatic N) is 2. The molecule has 2 aliphatic heterocycles. The number of ether oxygens (including phenoxy) is 2. The van der Waals surface area contributed by atoms with Gasteiger partial charge in [0.25, 0.3) is 0 Å². The van der Waals surface area contributed by atoms with E-state index in [-0.39, 0.29) is 17.2 Å². The first-order valence-corrected chi connectivity index (χ1v) is 16.8. The average molecular weight is 675 g/mol. The molecule has 1 amide bonds. The number of aliphatic carboxylic acids is 2. The summed E-state index contributed by atoms with van der Waals surface area (Å²) >= 11 is 1.66. The highest BCUT2D eigenvalue weighted by Gasteiger charge is 2.36. The van der Waals surface area contributed by atoms with E-state index in [1.807, 2.05) is 71.6 Å². The minimum atomic E-state index is -1.26. The summed E-state index contributed by atoms with van der Waals surface area (Å²) in [7, 11) is 1.65. The number of ketones is 1. The van der Waals surface area contributed by atoms with Crippen LogP contribution in [0.4, 0.5) is 5.69 Å². The van der Waals surface area contributed by atoms with Gasteiger partial charge in [-0.25, -0.2) is 9.59 Å². The number of anilines is 1. The zero-order valence-electron chi connectivity index (χ0n) is 27.2. The lowest BCUT2D eigenvalue weighted by molar-refractivity contribution is -0.134. The molecule has 2 heterocycles. The molecular formula is C37H42N2O8S. The van der Waals surface area contributed by atoms with Crippen molar-refractivity contribution in [2.24, 2.45) is 5.92 Å². The number of carbonyl (C=O) groups is 4. The fourth-order valence-electron chi connectivity index (χ4n) is 5.75. The summed E-state index contributed by atoms with van der Waals surface area (Å²) in [4.78, 5) is 49.9. The van der Waals surface area contributed by atoms with Crippen molar-refractivity contribution in [1.29, 1.82) is 0 Å². The molecule has 1 atom stereocenters. The second-order valence-electron chi connectivity index (χ2n) is 11.5. The van der Waals surface area contributed by atoms with Gasteiger partial charge in [0.15, 0.2) is 0 Å². The molecular weight excluding hydrogens is 632 g/mol. The number of methoxy groups -OCH3 is 1. The van der Waals surface area contributed by atoms with Crippen LogP contribution >= 0.6 is 11.8 Å². The van der Waals surface area contributed by atoms with Crippen LogP contribution in [0.1, 0.15) is 49.1 Å². The van der Waals surface area contributed by atoms with Gasteiger partial charge in [-0.3, -0.25) is 14.5 Å². The number of para-hydroxylation sites is 1. The maximum Gasteiger partial charge on any atom is 0.328 e. The van der Waals surface area contributed by atoms with Crippen LogP contribution in [0.5, 0.6) is 11.5 Å². The Labute approximate surface area is 285 Å². The molecule has 5 rings (SSSR count). The van der Waals surface area contributed by atoms with E-state index in [2.05, 4.69) is 11.0 Å². The SMILES string of the molecule is COc1ccc(OCCCCN2CCC(C(=O)Cc3ccccc3)CC2)c(C2Sc3ccccc3N2C(C)=O)c1.O=C(O)/C=C\C(=O)O. The Balaban J connectivity index is 0.000000579. The van der Waals surface area contributed by atoms with E-state index in [1.54, 1.807) is 25.8 Å². The molecule has 0 spiro atoms. The molecule has 3 aromatic rings. The molecule has 0 radical (unpaired) electrons. The number of unbranched alkanes of at least 4 members (excludes halogenated alkanes) is 1. The lowest BCUT2D eigenvalue weighted by Gasteiger charge is -2.31. The number of hydrogen-bond acceptors (Lipinski definition) is 8. The van der Waals surface area contributed by atoms with Gasteiger partial charge in [0.2, 0.25) is 5.91 Å². The second-order valence-corrected chi connectivity index (χ2v) is 12.7. The van der Waals surface area contributed by atoms with Crippen molar-refractivity contribution < 1.29 is 38.9 Å². The second kappa shape index (κ2) is 18.1. The number of Topliss-reactive ketones (excluding diaryl/α,β-unsaturated/α-hetero) is 1. The number of carbonyl (C=O) groups excluding carboxylic acids is 2. The normalized spacial score (nSPS) is 16.1. The van der Waals surface area contributed by atoms with Crippen LogP contribution < -0.4 is 14.4 Å². The Morgan fingerprint density at radius 1 is 0.896 bits per heavy atom. The average Bonchev–Trinajstić information content (AvgIpc) is 3.48. The van der Waals surface area contributed by atoms with Gasteiger partial charge in [0.1, 0.15) is 22.7 Å². The van der Waals surface area contributed by atoms with Crippen molar-refractivity contribution in [3.63, 3.8) is 0 Å². The molecule has 0 aromatic heterocycles. The van der Waals surface area contributed by atoms with Crippen molar-refractivity contribution in [3.8, 4) is 11.5 Å². The molecule has 11 heteroatoms. The predicted molar refractivity (Wildman–Crippen MR) is 185 cm³/mol. The fraction of sp³-hybridized carbons (Fsp3) is 0.351. The third-order valence-corrected chi connectivity index (χ3v) is 9.47. The number of likely N-dealkylation sites (tertiary alicyclic amines) is 1. The molecule has 10 nitrogen and oxygen atoms in total. The van der Waals surface area contributed by atoms with Crippen molar-refractivity contribution in [2.75, 3.05) is 38.3 Å². The number of carboxylic acids is 2. The summed E-state index contributed by atoms with van der Waals surface area (Å²) in [5.41, 5.74) is 2.99. The Morgan fingerprint density at radius 3 is 2.21 bits per heavy atom. The van der Waals surface area contributed by atoms with Gasteiger partial charge in [0, 0.05) is 41.9 Å². The van der Waals surface area contributed by atoms with Crippen molar-refractivity contribution in [3.05, 3.63) is 96.1 Å². The van der Waals surface area contributed by atoms with E-state index in [9.17, 15) is 19.2 Å². The molecule has 0 bridgehead atoms. The number of amides is 1. The summed E-state index contributed by atoms with van der Waals surface area (Å²) in [5, 5.41) is 15.4. The lowest BCUT2D eigenvalue weighted by Crippen LogP contribution is -2.37. The molecule has 0 aliphatic carbocycles. The van der Waals surface area contributed by atoms with Gasteiger partial charge in [-0.2, -0.15) is 0 Å². The maximum absolute atomic E-state index is 12.7. The van der Waals surface area contributed by atoms with Crippen LogP contribution in [0.25, 0.3) is 0 Å². The first-order chi connectivity index (χ1) is 23.2. The van der Waals surface area contributed by atoms with E-state index in [0.29, 0.717) is 31.0 Å². The van der Waals surface area contributed by atoms with Crippen LogP contribution in [-0.2, 0) is 25.6 Å². The van der Waals surface area contributed by atoms with Crippen molar-refractivity contribution >= 4 is 41.1 Å². The number of benzene rings is 3. The van der Waals surface area contributed by atoms with Crippen LogP contribution in [-0.4, -0.2) is 72.1 Å². The zero-order valence-corrected chi connectivity index (χ0v) is 28.1. The minimum Gasteiger partial charge on any atom is -0.497 e. The molecule has 3 aromatic carbocycles. The molecule has 2 aliphatic rings. The molecule has 2 N–H and O–H groups in total. The molecule has 1 saturated heterocycles. The molecule has 1 fully saturated rings. The van der Waals surface area contributed by atoms with Crippen molar-refractivity contribution in [2.45, 2.75) is 49.3 Å². The third-order valence-electron chi connectivity index (χ3n) is 8.18. The van der Waals surface area contributed by atoms with Crippen molar-refractivity contribution in [1.82, 2.24) is 4.90 Å². The molecule has 1 unspecified atom stereocenters. The van der Waals surface area contributed by atoms with Crippen LogP contribution in [0.15, 0.2) is 89.8 Å². The lowest BCUT2D eigenvalue weighted by atomic mass is 9.89. The maximum atomic E-state index is 12.7. The highest BCUT2D eigenvalue weighted by molar-refractivity contribution is 8.00. The number of rotatable bonds is 13. The number of fused-ring (bicyclic) bond motifs is 1. The number of hydrogen-bond donors (Lipinski definition) is 2. The summed E-state index contributed by atoms with van der Waals surface area (Å²) in [6, 6.07) is 23.9. The zero-order chi connectivity index (χ0) is 34.5. The van der Waals surface area contributed by atoms with Crippen LogP contribution in [0.3, 0.4) is 0 Å². The van der Waals surface area contributed by atoms with E-state index in [4.69, 9.17) is 19.7 Å². The van der Waals surface area contributed by atoms with Gasteiger partial charge in [-0.1, -0.05) is 54.2 Å². The van der Waals surface area contributed by atoms with Crippen LogP contribution in [0, 0.1) is 5.92 Å².